The second kappa shape index (κ2) is 16.0. The summed E-state index contributed by atoms with van der Waals surface area (Å²) in [6, 6.07) is -3.40. The fourth-order valence-corrected chi connectivity index (χ4v) is 9.63. The summed E-state index contributed by atoms with van der Waals surface area (Å²) in [4.78, 5) is 80.3. The van der Waals surface area contributed by atoms with Crippen molar-refractivity contribution in [2.45, 2.75) is 47.2 Å². The van der Waals surface area contributed by atoms with E-state index >= 15 is 0 Å². The highest BCUT2D eigenvalue weighted by atomic mass is 32.2. The Hall–Kier alpha value is -5.15. The maximum atomic E-state index is 14.8. The van der Waals surface area contributed by atoms with Crippen molar-refractivity contribution in [2.75, 3.05) is 23.9 Å². The van der Waals surface area contributed by atoms with Gasteiger partial charge in [0.1, 0.15) is 65.5 Å². The minimum atomic E-state index is -1.79. The third-order valence-corrected chi connectivity index (χ3v) is 12.0. The summed E-state index contributed by atoms with van der Waals surface area (Å²) in [7, 11) is 0. The molecule has 2 unspecified atom stereocenters. The third-order valence-electron chi connectivity index (χ3n) is 7.38. The Balaban J connectivity index is 1.33. The first-order valence-electron chi connectivity index (χ1n) is 14.8. The molecule has 3 aromatic rings. The number of esters is 1. The first kappa shape index (κ1) is 36.6. The van der Waals surface area contributed by atoms with Crippen LogP contribution >= 0.6 is 46.6 Å². The van der Waals surface area contributed by atoms with Crippen molar-refractivity contribution in [3.05, 3.63) is 40.2 Å². The number of hydrogen-bond donors (Lipinski definition) is 5. The van der Waals surface area contributed by atoms with Gasteiger partial charge in [-0.15, -0.1) is 43.9 Å². The third kappa shape index (κ3) is 8.31. The summed E-state index contributed by atoms with van der Waals surface area (Å²) in [6.45, 7) is 0.712. The van der Waals surface area contributed by atoms with Gasteiger partial charge in [-0.25, -0.2) is 23.7 Å². The van der Waals surface area contributed by atoms with Gasteiger partial charge in [-0.1, -0.05) is 23.1 Å². The Morgan fingerprint density at radius 3 is 2.25 bits per heavy atom. The highest BCUT2D eigenvalue weighted by Crippen LogP contribution is 2.38. The fraction of sp³-hybridized carbons (Fsp3) is 0.440. The second-order valence-electron chi connectivity index (χ2n) is 10.9. The molecular formula is C25H26N14O9S4. The largest absolute Gasteiger partial charge is 0.480 e. The van der Waals surface area contributed by atoms with Crippen LogP contribution in [0.4, 0.5) is 0 Å². The molecular weight excluding hydrogens is 769 g/mol. The topological polar surface area (TPSA) is 304 Å². The van der Waals surface area contributed by atoms with Crippen LogP contribution in [0.5, 0.6) is 0 Å². The van der Waals surface area contributed by atoms with Crippen LogP contribution < -0.4 is 16.0 Å². The minimum Gasteiger partial charge on any atom is -0.480 e. The number of carbonyl (C=O) groups excluding carboxylic acids is 4. The molecule has 3 aliphatic rings. The van der Waals surface area contributed by atoms with Crippen molar-refractivity contribution in [1.82, 2.24) is 71.5 Å². The molecule has 23 nitrogen and oxygen atoms in total. The van der Waals surface area contributed by atoms with E-state index in [4.69, 9.17) is 4.74 Å². The van der Waals surface area contributed by atoms with E-state index in [9.17, 15) is 39.0 Å². The number of ether oxygens (including phenoxy) is 1. The lowest BCUT2D eigenvalue weighted by molar-refractivity contribution is -0.147. The van der Waals surface area contributed by atoms with Crippen LogP contribution in [0.2, 0.25) is 0 Å². The maximum Gasteiger partial charge on any atom is 0.355 e. The molecule has 6 rings (SSSR count). The maximum absolute atomic E-state index is 14.8. The average molecular weight is 795 g/mol. The second-order valence-corrected chi connectivity index (χ2v) is 15.6. The molecule has 52 heavy (non-hydrogen) atoms. The molecule has 6 heterocycles. The monoisotopic (exact) mass is 794 g/mol. The first-order chi connectivity index (χ1) is 25.0. The highest BCUT2D eigenvalue weighted by Gasteiger charge is 2.50. The number of amides is 3. The molecule has 0 saturated carbocycles. The standard InChI is InChI=1S/C25H26N14O9S4/c1-10-31-32-25(52-10)51-7-12-6-49-19(30-15(12)22(43)44)16(28-13(40)2-37-8-26-33-35-37)20(42)39-18-11(4-48-24(18)47)5-50-21(39)17(23(45)46)29-14(41)3-38-9-27-34-36-38/h8-9,16-17,19,21,30H,2-7H2,1H3,(H,28,40)(H,29,41)(H,43,44)(H,45,46)/t16-,17?,19+,21?/m0/s1. The summed E-state index contributed by atoms with van der Waals surface area (Å²) < 4.78 is 7.98. The van der Waals surface area contributed by atoms with E-state index in [2.05, 4.69) is 57.2 Å². The van der Waals surface area contributed by atoms with E-state index in [1.54, 1.807) is 6.92 Å². The molecule has 0 aliphatic carbocycles. The summed E-state index contributed by atoms with van der Waals surface area (Å²) in [6.07, 6.45) is 2.31. The van der Waals surface area contributed by atoms with Gasteiger partial charge >= 0.3 is 17.9 Å². The van der Waals surface area contributed by atoms with Crippen LogP contribution in [0, 0.1) is 6.92 Å². The number of carboxylic acid groups (broad SMARTS) is 2. The Kier molecular flexibility index (Phi) is 11.3. The molecule has 0 saturated heterocycles. The van der Waals surface area contributed by atoms with Gasteiger partial charge in [0, 0.05) is 22.8 Å². The zero-order chi connectivity index (χ0) is 36.9. The Bertz CT molecular complexity index is 1940. The fourth-order valence-electron chi connectivity index (χ4n) is 5.13. The molecule has 0 bridgehead atoms. The van der Waals surface area contributed by atoms with Crippen LogP contribution in [-0.2, 0) is 46.6 Å². The lowest BCUT2D eigenvalue weighted by Crippen LogP contribution is -2.64. The van der Waals surface area contributed by atoms with Gasteiger partial charge in [-0.2, -0.15) is 0 Å². The van der Waals surface area contributed by atoms with E-state index in [1.165, 1.54) is 23.1 Å². The van der Waals surface area contributed by atoms with E-state index in [0.29, 0.717) is 15.5 Å². The van der Waals surface area contributed by atoms with Gasteiger partial charge in [-0.3, -0.25) is 19.3 Å². The lowest BCUT2D eigenvalue weighted by Gasteiger charge is -2.41. The van der Waals surface area contributed by atoms with Gasteiger partial charge < -0.3 is 30.9 Å². The summed E-state index contributed by atoms with van der Waals surface area (Å²) in [5, 5.41) is 55.6. The smallest absolute Gasteiger partial charge is 0.355 e. The molecule has 0 spiro atoms. The number of rotatable bonds is 14. The average Bonchev–Trinajstić information content (AvgIpc) is 3.95. The molecule has 3 aliphatic heterocycles. The number of cyclic esters (lactones) is 1. The number of aliphatic carboxylic acids is 2. The molecule has 3 amide bonds. The summed E-state index contributed by atoms with van der Waals surface area (Å²) in [5.41, 5.74) is 0.399. The van der Waals surface area contributed by atoms with Crippen molar-refractivity contribution in [3.8, 4) is 0 Å². The van der Waals surface area contributed by atoms with Crippen LogP contribution in [-0.4, -0.2) is 148 Å². The Labute approximate surface area is 307 Å². The van der Waals surface area contributed by atoms with Crippen molar-refractivity contribution >= 4 is 82.3 Å². The van der Waals surface area contributed by atoms with Crippen molar-refractivity contribution < 1.29 is 43.7 Å². The number of thioether (sulfide) groups is 3. The lowest BCUT2D eigenvalue weighted by atomic mass is 10.1. The molecule has 4 atom stereocenters. The van der Waals surface area contributed by atoms with Gasteiger partial charge in [0.05, 0.1) is 0 Å². The van der Waals surface area contributed by atoms with E-state index in [1.807, 2.05) is 0 Å². The van der Waals surface area contributed by atoms with Crippen LogP contribution in [0.3, 0.4) is 0 Å². The number of hydrogen-bond acceptors (Lipinski definition) is 20. The van der Waals surface area contributed by atoms with E-state index in [0.717, 1.165) is 55.4 Å². The Morgan fingerprint density at radius 2 is 1.67 bits per heavy atom. The number of carboxylic acids is 2. The number of tetrazole rings is 2. The highest BCUT2D eigenvalue weighted by molar-refractivity contribution is 8.01. The van der Waals surface area contributed by atoms with Crippen molar-refractivity contribution in [2.24, 2.45) is 0 Å². The van der Waals surface area contributed by atoms with Crippen LogP contribution in [0.15, 0.2) is 39.5 Å². The molecule has 274 valence electrons. The number of nitrogens with zero attached hydrogens (tertiary/aromatic N) is 11. The van der Waals surface area contributed by atoms with Gasteiger partial charge in [0.15, 0.2) is 10.4 Å². The normalized spacial score (nSPS) is 19.7. The number of carbonyl (C=O) groups is 6. The van der Waals surface area contributed by atoms with E-state index in [-0.39, 0.29) is 35.3 Å². The van der Waals surface area contributed by atoms with Gasteiger partial charge in [-0.05, 0) is 33.4 Å². The van der Waals surface area contributed by atoms with Crippen LogP contribution in [0.1, 0.15) is 5.01 Å². The van der Waals surface area contributed by atoms with Crippen molar-refractivity contribution in [1.29, 1.82) is 0 Å². The molecule has 0 radical (unpaired) electrons. The molecule has 3 aromatic heterocycles. The quantitative estimate of drug-likeness (QED) is 0.0806. The number of aromatic nitrogens is 10. The Morgan fingerprint density at radius 1 is 1.00 bits per heavy atom. The predicted octanol–water partition coefficient (Wildman–Crippen LogP) is -2.92. The van der Waals surface area contributed by atoms with Crippen LogP contribution in [0.25, 0.3) is 0 Å². The van der Waals surface area contributed by atoms with Gasteiger partial charge in [0.2, 0.25) is 11.8 Å². The predicted molar refractivity (Wildman–Crippen MR) is 178 cm³/mol. The minimum absolute atomic E-state index is 0.0794. The zero-order valence-electron chi connectivity index (χ0n) is 26.5. The molecule has 0 aromatic carbocycles. The summed E-state index contributed by atoms with van der Waals surface area (Å²) in [5.74, 6) is -5.93. The number of nitrogens with one attached hydrogen (secondary N) is 3. The SMILES string of the molecule is Cc1nnc(SCC2=C(C(=O)O)N[C@@H]([C@H](NC(=O)Cn3cnnn3)C(=O)N3C4=C(COC4=O)CSC3C(NC(=O)Cn3cnnn3)C(=O)O)SC2)s1. The molecule has 0 fully saturated rings. The first-order valence-corrected chi connectivity index (χ1v) is 18.7. The zero-order valence-corrected chi connectivity index (χ0v) is 29.8. The van der Waals surface area contributed by atoms with Gasteiger partial charge in [0.25, 0.3) is 5.91 Å². The molecule has 5 N–H and O–H groups in total. The van der Waals surface area contributed by atoms with E-state index < -0.39 is 71.6 Å². The summed E-state index contributed by atoms with van der Waals surface area (Å²) >= 11 is 4.68. The number of aryl methyl sites for hydroxylation is 1. The molecule has 27 heteroatoms. The van der Waals surface area contributed by atoms with Crippen molar-refractivity contribution in [3.63, 3.8) is 0 Å².